The quantitative estimate of drug-likeness (QED) is 0.195. The van der Waals surface area contributed by atoms with Crippen LogP contribution in [0.5, 0.6) is 0 Å². The highest BCUT2D eigenvalue weighted by Crippen LogP contribution is 2.21. The molecule has 140 valence electrons. The topological polar surface area (TPSA) is 86.6 Å². The second-order valence-corrected chi connectivity index (χ2v) is 6.59. The molecule has 0 spiro atoms. The van der Waals surface area contributed by atoms with Crippen molar-refractivity contribution in [1.82, 2.24) is 0 Å². The Morgan fingerprint density at radius 1 is 1.00 bits per heavy atom. The second kappa shape index (κ2) is 8.24. The monoisotopic (exact) mass is 377 g/mol. The van der Waals surface area contributed by atoms with Crippen LogP contribution in [0.25, 0.3) is 6.08 Å². The zero-order valence-corrected chi connectivity index (χ0v) is 15.7. The number of hydrogen-bond acceptors (Lipinski definition) is 3. The first-order valence-corrected chi connectivity index (χ1v) is 9.21. The number of nitrogen functional groups attached to an aromatic ring is 1. The summed E-state index contributed by atoms with van der Waals surface area (Å²) >= 11 is 0. The molecule has 0 unspecified atom stereocenters. The van der Waals surface area contributed by atoms with Gasteiger partial charge in [0.25, 0.3) is 0 Å². The van der Waals surface area contributed by atoms with E-state index < -0.39 is 0 Å². The van der Waals surface area contributed by atoms with Gasteiger partial charge in [-0.25, -0.2) is 0 Å². The summed E-state index contributed by atoms with van der Waals surface area (Å²) < 4.78 is 0. The van der Waals surface area contributed by atoms with E-state index in [1.54, 1.807) is 24.3 Å². The van der Waals surface area contributed by atoms with Gasteiger partial charge in [-0.2, -0.15) is 0 Å². The molecule has 4 rings (SSSR count). The smallest absolute Gasteiger partial charge is 0.122 e. The average molecular weight is 377 g/mol. The van der Waals surface area contributed by atoms with Gasteiger partial charge in [-0.05, 0) is 66.1 Å². The fraction of sp³-hybridized carbons (Fsp3) is 0.0417. The van der Waals surface area contributed by atoms with Gasteiger partial charge in [0.05, 0.1) is 11.4 Å². The second-order valence-electron chi connectivity index (χ2n) is 6.59. The number of rotatable bonds is 4. The SMILES string of the molecule is N=C(N)c1ccc(/N=N/Nc2ccccc2C#Cc2ccc3c(c2)CC=C3)cc1. The van der Waals surface area contributed by atoms with Crippen molar-refractivity contribution in [1.29, 1.82) is 5.41 Å². The highest BCUT2D eigenvalue weighted by molar-refractivity contribution is 5.95. The maximum absolute atomic E-state index is 7.41. The maximum Gasteiger partial charge on any atom is 0.122 e. The Morgan fingerprint density at radius 2 is 1.83 bits per heavy atom. The average Bonchev–Trinajstić information content (AvgIpc) is 3.21. The predicted octanol–water partition coefficient (Wildman–Crippen LogP) is 5.05. The van der Waals surface area contributed by atoms with Crippen molar-refractivity contribution in [2.24, 2.45) is 16.1 Å². The lowest BCUT2D eigenvalue weighted by Gasteiger charge is -2.03. The van der Waals surface area contributed by atoms with Crippen LogP contribution < -0.4 is 11.2 Å². The summed E-state index contributed by atoms with van der Waals surface area (Å²) in [4.78, 5) is 0. The van der Waals surface area contributed by atoms with E-state index in [0.717, 1.165) is 23.2 Å². The molecule has 0 aromatic heterocycles. The van der Waals surface area contributed by atoms with Gasteiger partial charge in [0.15, 0.2) is 0 Å². The van der Waals surface area contributed by atoms with Crippen molar-refractivity contribution >= 4 is 23.3 Å². The van der Waals surface area contributed by atoms with Crippen LogP contribution in [0.2, 0.25) is 0 Å². The van der Waals surface area contributed by atoms with Crippen LogP contribution in [-0.2, 0) is 6.42 Å². The van der Waals surface area contributed by atoms with E-state index in [1.807, 2.05) is 30.3 Å². The Bertz CT molecular complexity index is 1180. The molecule has 29 heavy (non-hydrogen) atoms. The summed E-state index contributed by atoms with van der Waals surface area (Å²) in [5.41, 5.74) is 14.9. The van der Waals surface area contributed by atoms with Gasteiger partial charge in [0, 0.05) is 16.7 Å². The van der Waals surface area contributed by atoms with Crippen LogP contribution in [0.4, 0.5) is 11.4 Å². The number of allylic oxidation sites excluding steroid dienone is 1. The van der Waals surface area contributed by atoms with Crippen LogP contribution in [0, 0.1) is 17.3 Å². The number of benzene rings is 3. The number of nitrogens with zero attached hydrogens (tertiary/aromatic N) is 2. The number of para-hydroxylation sites is 1. The number of nitrogens with one attached hydrogen (secondary N) is 2. The van der Waals surface area contributed by atoms with E-state index in [1.165, 1.54) is 11.1 Å². The van der Waals surface area contributed by atoms with E-state index in [2.05, 4.69) is 51.9 Å². The van der Waals surface area contributed by atoms with Gasteiger partial charge >= 0.3 is 0 Å². The minimum atomic E-state index is 0.0266. The molecule has 3 aromatic rings. The summed E-state index contributed by atoms with van der Waals surface area (Å²) in [6, 6.07) is 21.0. The lowest BCUT2D eigenvalue weighted by Crippen LogP contribution is -2.10. The van der Waals surface area contributed by atoms with Gasteiger partial charge in [-0.15, -0.1) is 5.11 Å². The lowest BCUT2D eigenvalue weighted by molar-refractivity contribution is 1.13. The van der Waals surface area contributed by atoms with Crippen LogP contribution in [0.3, 0.4) is 0 Å². The number of anilines is 1. The highest BCUT2D eigenvalue weighted by atomic mass is 15.4. The zero-order chi connectivity index (χ0) is 20.1. The molecule has 5 heteroatoms. The number of nitrogens with two attached hydrogens (primary N) is 1. The Morgan fingerprint density at radius 3 is 2.66 bits per heavy atom. The number of amidine groups is 1. The lowest BCUT2D eigenvalue weighted by atomic mass is 10.1. The standard InChI is InChI=1S/C24H19N5/c25-24(26)20-12-14-22(15-13-20)27-29-28-23-7-2-1-4-19(23)11-9-17-8-10-18-5-3-6-21(18)16-17/h1-5,7-8,10,12-16H,6H2,(H3,25,26)(H,27,28). The largest absolute Gasteiger partial charge is 0.384 e. The van der Waals surface area contributed by atoms with E-state index in [9.17, 15) is 0 Å². The zero-order valence-electron chi connectivity index (χ0n) is 15.7. The third kappa shape index (κ3) is 4.40. The van der Waals surface area contributed by atoms with Crippen molar-refractivity contribution in [3.05, 3.63) is 101 Å². The van der Waals surface area contributed by atoms with Crippen LogP contribution in [-0.4, -0.2) is 5.84 Å². The first kappa shape index (κ1) is 18.2. The fourth-order valence-corrected chi connectivity index (χ4v) is 3.01. The first-order chi connectivity index (χ1) is 14.2. The van der Waals surface area contributed by atoms with Gasteiger partial charge in [-0.1, -0.05) is 47.4 Å². The number of hydrogen-bond donors (Lipinski definition) is 3. The Kier molecular flexibility index (Phi) is 5.17. The molecule has 0 aliphatic heterocycles. The molecular formula is C24H19N5. The van der Waals surface area contributed by atoms with Crippen molar-refractivity contribution in [3.8, 4) is 11.8 Å². The van der Waals surface area contributed by atoms with E-state index in [-0.39, 0.29) is 5.84 Å². The van der Waals surface area contributed by atoms with Crippen LogP contribution in [0.1, 0.15) is 27.8 Å². The summed E-state index contributed by atoms with van der Waals surface area (Å²) in [6.07, 6.45) is 5.28. The Labute approximate surface area is 169 Å². The molecule has 0 radical (unpaired) electrons. The normalized spacial score (nSPS) is 11.7. The molecule has 0 amide bonds. The molecule has 0 saturated heterocycles. The molecule has 1 aliphatic carbocycles. The Hall–Kier alpha value is -4.17. The highest BCUT2D eigenvalue weighted by Gasteiger charge is 2.04. The van der Waals surface area contributed by atoms with Gasteiger partial charge in [-0.3, -0.25) is 10.8 Å². The van der Waals surface area contributed by atoms with Crippen LogP contribution >= 0.6 is 0 Å². The third-order valence-electron chi connectivity index (χ3n) is 4.56. The predicted molar refractivity (Wildman–Crippen MR) is 117 cm³/mol. The van der Waals surface area contributed by atoms with E-state index >= 15 is 0 Å². The third-order valence-corrected chi connectivity index (χ3v) is 4.56. The molecule has 0 heterocycles. The first-order valence-electron chi connectivity index (χ1n) is 9.21. The summed E-state index contributed by atoms with van der Waals surface area (Å²) in [5.74, 6) is 6.48. The van der Waals surface area contributed by atoms with Crippen molar-refractivity contribution in [2.45, 2.75) is 6.42 Å². The Balaban J connectivity index is 1.48. The van der Waals surface area contributed by atoms with Gasteiger partial charge in [0.1, 0.15) is 5.84 Å². The molecule has 0 atom stereocenters. The van der Waals surface area contributed by atoms with E-state index in [4.69, 9.17) is 11.1 Å². The molecule has 4 N–H and O–H groups in total. The summed E-state index contributed by atoms with van der Waals surface area (Å²) in [7, 11) is 0. The molecule has 0 saturated carbocycles. The molecule has 5 nitrogen and oxygen atoms in total. The van der Waals surface area contributed by atoms with Gasteiger partial charge < -0.3 is 5.73 Å². The molecule has 0 fully saturated rings. The molecule has 0 bridgehead atoms. The van der Waals surface area contributed by atoms with Crippen molar-refractivity contribution < 1.29 is 0 Å². The molecule has 3 aromatic carbocycles. The molecule has 1 aliphatic rings. The minimum Gasteiger partial charge on any atom is -0.384 e. The van der Waals surface area contributed by atoms with Gasteiger partial charge in [0.2, 0.25) is 0 Å². The van der Waals surface area contributed by atoms with Crippen LogP contribution in [0.15, 0.2) is 83.1 Å². The molecular weight excluding hydrogens is 358 g/mol. The fourth-order valence-electron chi connectivity index (χ4n) is 3.01. The summed E-state index contributed by atoms with van der Waals surface area (Å²) in [6.45, 7) is 0. The van der Waals surface area contributed by atoms with Crippen molar-refractivity contribution in [3.63, 3.8) is 0 Å². The van der Waals surface area contributed by atoms with Crippen molar-refractivity contribution in [2.75, 3.05) is 5.43 Å². The number of fused-ring (bicyclic) bond motifs is 1. The summed E-state index contributed by atoms with van der Waals surface area (Å²) in [5, 5.41) is 15.6. The maximum atomic E-state index is 7.41. The van der Waals surface area contributed by atoms with E-state index in [0.29, 0.717) is 11.3 Å². The minimum absolute atomic E-state index is 0.0266.